The molecule has 28 heavy (non-hydrogen) atoms. The standard InChI is InChI=1S/C19H20N2O6S/c1-11-3-6-16(28-11)19(24)20-10-17(22)27-12(2)18(23)21-13-4-5-14-15(9-13)26-8-7-25-14/h3-6,9,12H,7-8,10H2,1-2H3,(H,20,24)(H,21,23)/t12-/m1/s1. The van der Waals surface area contributed by atoms with E-state index in [1.54, 1.807) is 24.3 Å². The molecule has 1 atom stereocenters. The first-order chi connectivity index (χ1) is 13.4. The third-order valence-electron chi connectivity index (χ3n) is 3.84. The summed E-state index contributed by atoms with van der Waals surface area (Å²) in [5.74, 6) is -0.402. The van der Waals surface area contributed by atoms with Gasteiger partial charge in [0.15, 0.2) is 17.6 Å². The normalized spacial score (nSPS) is 13.4. The first-order valence-electron chi connectivity index (χ1n) is 8.67. The SMILES string of the molecule is Cc1ccc(C(=O)NCC(=O)O[C@H](C)C(=O)Nc2ccc3c(c2)OCCO3)s1. The zero-order valence-corrected chi connectivity index (χ0v) is 16.3. The van der Waals surface area contributed by atoms with Gasteiger partial charge in [0.05, 0.1) is 4.88 Å². The first-order valence-corrected chi connectivity index (χ1v) is 9.48. The zero-order chi connectivity index (χ0) is 20.1. The number of rotatable bonds is 6. The second kappa shape index (κ2) is 8.75. The summed E-state index contributed by atoms with van der Waals surface area (Å²) in [5.41, 5.74) is 0.499. The summed E-state index contributed by atoms with van der Waals surface area (Å²) < 4.78 is 16.0. The Kier molecular flexibility index (Phi) is 6.15. The molecule has 0 unspecified atom stereocenters. The second-order valence-corrected chi connectivity index (χ2v) is 7.36. The summed E-state index contributed by atoms with van der Waals surface area (Å²) in [5, 5.41) is 5.13. The number of hydrogen-bond acceptors (Lipinski definition) is 7. The molecule has 1 aromatic heterocycles. The van der Waals surface area contributed by atoms with E-state index in [1.807, 2.05) is 13.0 Å². The van der Waals surface area contributed by atoms with Gasteiger partial charge in [-0.3, -0.25) is 14.4 Å². The van der Waals surface area contributed by atoms with Crippen LogP contribution in [-0.2, 0) is 14.3 Å². The summed E-state index contributed by atoms with van der Waals surface area (Å²) in [4.78, 5) is 37.6. The maximum Gasteiger partial charge on any atom is 0.326 e. The van der Waals surface area contributed by atoms with Crippen LogP contribution in [0.25, 0.3) is 0 Å². The van der Waals surface area contributed by atoms with Gasteiger partial charge >= 0.3 is 5.97 Å². The third kappa shape index (κ3) is 5.01. The maximum absolute atomic E-state index is 12.2. The second-order valence-electron chi connectivity index (χ2n) is 6.07. The van der Waals surface area contributed by atoms with E-state index in [-0.39, 0.29) is 12.5 Å². The first kappa shape index (κ1) is 19.7. The van der Waals surface area contributed by atoms with Crippen molar-refractivity contribution >= 4 is 34.8 Å². The Labute approximate surface area is 165 Å². The summed E-state index contributed by atoms with van der Waals surface area (Å²) >= 11 is 1.33. The van der Waals surface area contributed by atoms with Crippen molar-refractivity contribution in [3.05, 3.63) is 40.1 Å². The predicted molar refractivity (Wildman–Crippen MR) is 103 cm³/mol. The van der Waals surface area contributed by atoms with E-state index in [9.17, 15) is 14.4 Å². The minimum absolute atomic E-state index is 0.322. The van der Waals surface area contributed by atoms with Crippen LogP contribution in [0.5, 0.6) is 11.5 Å². The molecule has 2 amide bonds. The number of nitrogens with one attached hydrogen (secondary N) is 2. The van der Waals surface area contributed by atoms with Crippen molar-refractivity contribution < 1.29 is 28.6 Å². The lowest BCUT2D eigenvalue weighted by atomic mass is 10.2. The Balaban J connectivity index is 1.47. The maximum atomic E-state index is 12.2. The molecular formula is C19H20N2O6S. The van der Waals surface area contributed by atoms with Crippen LogP contribution in [0.15, 0.2) is 30.3 Å². The van der Waals surface area contributed by atoms with Gasteiger partial charge in [-0.15, -0.1) is 11.3 Å². The fraction of sp³-hybridized carbons (Fsp3) is 0.316. The predicted octanol–water partition coefficient (Wildman–Crippen LogP) is 2.13. The lowest BCUT2D eigenvalue weighted by Gasteiger charge is -2.19. The Morgan fingerprint density at radius 1 is 1.14 bits per heavy atom. The van der Waals surface area contributed by atoms with Crippen molar-refractivity contribution in [2.45, 2.75) is 20.0 Å². The van der Waals surface area contributed by atoms with Crippen LogP contribution in [0.4, 0.5) is 5.69 Å². The van der Waals surface area contributed by atoms with Crippen molar-refractivity contribution in [3.8, 4) is 11.5 Å². The topological polar surface area (TPSA) is 103 Å². The number of anilines is 1. The van der Waals surface area contributed by atoms with Crippen molar-refractivity contribution in [2.24, 2.45) is 0 Å². The number of esters is 1. The van der Waals surface area contributed by atoms with Crippen LogP contribution >= 0.6 is 11.3 Å². The molecule has 8 nitrogen and oxygen atoms in total. The van der Waals surface area contributed by atoms with Gasteiger partial charge in [0, 0.05) is 16.6 Å². The molecule has 0 saturated carbocycles. The fourth-order valence-electron chi connectivity index (χ4n) is 2.45. The van der Waals surface area contributed by atoms with E-state index >= 15 is 0 Å². The van der Waals surface area contributed by atoms with Crippen molar-refractivity contribution in [2.75, 3.05) is 25.1 Å². The quantitative estimate of drug-likeness (QED) is 0.715. The van der Waals surface area contributed by atoms with Crippen molar-refractivity contribution in [1.29, 1.82) is 0 Å². The minimum Gasteiger partial charge on any atom is -0.486 e. The van der Waals surface area contributed by atoms with Crippen LogP contribution in [0, 0.1) is 6.92 Å². The Morgan fingerprint density at radius 2 is 1.89 bits per heavy atom. The van der Waals surface area contributed by atoms with Gasteiger partial charge in [-0.2, -0.15) is 0 Å². The van der Waals surface area contributed by atoms with E-state index in [1.165, 1.54) is 18.3 Å². The Hall–Kier alpha value is -3.07. The van der Waals surface area contributed by atoms with Crippen molar-refractivity contribution in [1.82, 2.24) is 5.32 Å². The van der Waals surface area contributed by atoms with E-state index in [4.69, 9.17) is 14.2 Å². The third-order valence-corrected chi connectivity index (χ3v) is 4.84. The average molecular weight is 404 g/mol. The number of aryl methyl sites for hydroxylation is 1. The van der Waals surface area contributed by atoms with E-state index in [0.29, 0.717) is 35.3 Å². The molecule has 0 spiro atoms. The van der Waals surface area contributed by atoms with E-state index in [0.717, 1.165) is 4.88 Å². The molecule has 148 valence electrons. The number of carbonyl (C=O) groups is 3. The number of amides is 2. The van der Waals surface area contributed by atoms with E-state index < -0.39 is 18.0 Å². The smallest absolute Gasteiger partial charge is 0.326 e. The van der Waals surface area contributed by atoms with Gasteiger partial charge in [-0.05, 0) is 38.1 Å². The van der Waals surface area contributed by atoms with Gasteiger partial charge in [0.2, 0.25) is 0 Å². The monoisotopic (exact) mass is 404 g/mol. The van der Waals surface area contributed by atoms with Gasteiger partial charge < -0.3 is 24.8 Å². The summed E-state index contributed by atoms with van der Waals surface area (Å²) in [6, 6.07) is 8.52. The fourth-order valence-corrected chi connectivity index (χ4v) is 3.24. The largest absolute Gasteiger partial charge is 0.486 e. The van der Waals surface area contributed by atoms with Crippen LogP contribution in [0.2, 0.25) is 0 Å². The summed E-state index contributed by atoms with van der Waals surface area (Å²) in [6.07, 6.45) is -1.03. The summed E-state index contributed by atoms with van der Waals surface area (Å²) in [6.45, 7) is 3.94. The molecule has 0 radical (unpaired) electrons. The van der Waals surface area contributed by atoms with Crippen LogP contribution in [-0.4, -0.2) is 43.6 Å². The molecular weight excluding hydrogens is 384 g/mol. The van der Waals surface area contributed by atoms with Gasteiger partial charge in [0.1, 0.15) is 19.8 Å². The number of carbonyl (C=O) groups excluding carboxylic acids is 3. The highest BCUT2D eigenvalue weighted by atomic mass is 32.1. The van der Waals surface area contributed by atoms with Crippen LogP contribution in [0.1, 0.15) is 21.5 Å². The molecule has 1 aliphatic rings. The molecule has 0 bridgehead atoms. The lowest BCUT2D eigenvalue weighted by molar-refractivity contribution is -0.152. The number of benzene rings is 1. The zero-order valence-electron chi connectivity index (χ0n) is 15.4. The minimum atomic E-state index is -1.03. The lowest BCUT2D eigenvalue weighted by Crippen LogP contribution is -2.35. The number of ether oxygens (including phenoxy) is 3. The highest BCUT2D eigenvalue weighted by molar-refractivity contribution is 7.13. The molecule has 2 heterocycles. The summed E-state index contributed by atoms with van der Waals surface area (Å²) in [7, 11) is 0. The molecule has 9 heteroatoms. The van der Waals surface area contributed by atoms with Gasteiger partial charge in [-0.25, -0.2) is 0 Å². The average Bonchev–Trinajstić information content (AvgIpc) is 3.12. The van der Waals surface area contributed by atoms with Gasteiger partial charge in [-0.1, -0.05) is 0 Å². The molecule has 0 aliphatic carbocycles. The van der Waals surface area contributed by atoms with Crippen LogP contribution < -0.4 is 20.1 Å². The van der Waals surface area contributed by atoms with Gasteiger partial charge in [0.25, 0.3) is 11.8 Å². The number of hydrogen-bond donors (Lipinski definition) is 2. The Bertz CT molecular complexity index is 894. The van der Waals surface area contributed by atoms with Crippen LogP contribution in [0.3, 0.4) is 0 Å². The number of fused-ring (bicyclic) bond motifs is 1. The molecule has 2 aromatic rings. The molecule has 2 N–H and O–H groups in total. The molecule has 1 aromatic carbocycles. The highest BCUT2D eigenvalue weighted by Crippen LogP contribution is 2.32. The number of thiophene rings is 1. The Morgan fingerprint density at radius 3 is 2.61 bits per heavy atom. The molecule has 0 saturated heterocycles. The molecule has 1 aliphatic heterocycles. The van der Waals surface area contributed by atoms with E-state index in [2.05, 4.69) is 10.6 Å². The molecule has 0 fully saturated rings. The van der Waals surface area contributed by atoms with Crippen molar-refractivity contribution in [3.63, 3.8) is 0 Å². The molecule has 3 rings (SSSR count). The highest BCUT2D eigenvalue weighted by Gasteiger charge is 2.20.